The van der Waals surface area contributed by atoms with Gasteiger partial charge < -0.3 is 4.74 Å². The molecule has 0 atom stereocenters. The summed E-state index contributed by atoms with van der Waals surface area (Å²) in [6, 6.07) is 3.44. The van der Waals surface area contributed by atoms with Crippen molar-refractivity contribution in [2.45, 2.75) is 96.3 Å². The Labute approximate surface area is 175 Å². The van der Waals surface area contributed by atoms with E-state index in [-0.39, 0.29) is 11.7 Å². The summed E-state index contributed by atoms with van der Waals surface area (Å²) in [7, 11) is 0. The fourth-order valence-electron chi connectivity index (χ4n) is 5.97. The normalized spacial score (nSPS) is 30.3. The Hall–Kier alpha value is -1.12. The molecule has 0 bridgehead atoms. The predicted molar refractivity (Wildman–Crippen MR) is 114 cm³/mol. The van der Waals surface area contributed by atoms with Crippen molar-refractivity contribution in [2.75, 3.05) is 6.61 Å². The minimum atomic E-state index is -0.783. The number of halogens is 2. The van der Waals surface area contributed by atoms with Crippen LogP contribution in [-0.2, 0) is 0 Å². The van der Waals surface area contributed by atoms with Gasteiger partial charge in [0.1, 0.15) is 0 Å². The number of hydrogen-bond acceptors (Lipinski definition) is 1. The van der Waals surface area contributed by atoms with Crippen molar-refractivity contribution >= 4 is 0 Å². The van der Waals surface area contributed by atoms with Crippen molar-refractivity contribution in [1.29, 1.82) is 0 Å². The van der Waals surface area contributed by atoms with Gasteiger partial charge in [0.05, 0.1) is 6.61 Å². The van der Waals surface area contributed by atoms with Crippen LogP contribution >= 0.6 is 0 Å². The highest BCUT2D eigenvalue weighted by Crippen LogP contribution is 2.45. The molecule has 1 aromatic carbocycles. The Morgan fingerprint density at radius 3 is 1.97 bits per heavy atom. The zero-order chi connectivity index (χ0) is 20.2. The van der Waals surface area contributed by atoms with Crippen LogP contribution in [0.4, 0.5) is 8.78 Å². The summed E-state index contributed by atoms with van der Waals surface area (Å²) in [6.07, 6.45) is 16.1. The molecule has 3 aliphatic carbocycles. The molecule has 0 aliphatic heterocycles. The SMILES string of the molecule is CCCC1CCC(C2CCC(c3ccc(OCCC4CC4)c(F)c3F)CC2)CC1. The molecular weight excluding hydrogens is 366 g/mol. The van der Waals surface area contributed by atoms with Gasteiger partial charge >= 0.3 is 0 Å². The van der Waals surface area contributed by atoms with E-state index in [0.29, 0.717) is 12.2 Å². The zero-order valence-corrected chi connectivity index (χ0v) is 18.1. The molecule has 1 aromatic rings. The van der Waals surface area contributed by atoms with Crippen molar-refractivity contribution in [3.8, 4) is 5.75 Å². The van der Waals surface area contributed by atoms with E-state index in [9.17, 15) is 8.78 Å². The fourth-order valence-corrected chi connectivity index (χ4v) is 5.97. The lowest BCUT2D eigenvalue weighted by atomic mass is 9.68. The molecule has 3 aliphatic rings. The van der Waals surface area contributed by atoms with Crippen LogP contribution in [0.15, 0.2) is 12.1 Å². The molecule has 0 radical (unpaired) electrons. The van der Waals surface area contributed by atoms with E-state index in [1.807, 2.05) is 0 Å². The Balaban J connectivity index is 1.28. The number of hydrogen-bond donors (Lipinski definition) is 0. The van der Waals surface area contributed by atoms with E-state index >= 15 is 0 Å². The largest absolute Gasteiger partial charge is 0.490 e. The van der Waals surface area contributed by atoms with Crippen molar-refractivity contribution in [2.24, 2.45) is 23.7 Å². The third-order valence-electron chi connectivity index (χ3n) is 8.02. The minimum Gasteiger partial charge on any atom is -0.490 e. The van der Waals surface area contributed by atoms with Crippen LogP contribution in [-0.4, -0.2) is 6.61 Å². The van der Waals surface area contributed by atoms with Gasteiger partial charge in [-0.05, 0) is 86.2 Å². The molecule has 3 heteroatoms. The average molecular weight is 405 g/mol. The summed E-state index contributed by atoms with van der Waals surface area (Å²) in [6.45, 7) is 2.79. The maximum atomic E-state index is 14.8. The highest BCUT2D eigenvalue weighted by molar-refractivity contribution is 5.33. The highest BCUT2D eigenvalue weighted by Gasteiger charge is 2.32. The van der Waals surface area contributed by atoms with E-state index in [4.69, 9.17) is 4.74 Å². The first-order chi connectivity index (χ1) is 14.2. The van der Waals surface area contributed by atoms with Gasteiger partial charge in [0.15, 0.2) is 11.6 Å². The lowest BCUT2D eigenvalue weighted by Gasteiger charge is -2.38. The van der Waals surface area contributed by atoms with Crippen molar-refractivity contribution in [1.82, 2.24) is 0 Å². The second-order valence-electron chi connectivity index (χ2n) is 10.0. The molecule has 3 fully saturated rings. The van der Waals surface area contributed by atoms with Gasteiger partial charge in [0.25, 0.3) is 0 Å². The Morgan fingerprint density at radius 2 is 1.34 bits per heavy atom. The topological polar surface area (TPSA) is 9.23 Å². The number of benzene rings is 1. The minimum absolute atomic E-state index is 0.0874. The van der Waals surface area contributed by atoms with Crippen LogP contribution in [0.3, 0.4) is 0 Å². The first-order valence-corrected chi connectivity index (χ1v) is 12.3. The van der Waals surface area contributed by atoms with Crippen LogP contribution in [0, 0.1) is 35.3 Å². The predicted octanol–water partition coefficient (Wildman–Crippen LogP) is 8.02. The molecule has 1 nitrogen and oxygen atoms in total. The first-order valence-electron chi connectivity index (χ1n) is 12.3. The van der Waals surface area contributed by atoms with Crippen LogP contribution in [0.5, 0.6) is 5.75 Å². The van der Waals surface area contributed by atoms with Crippen LogP contribution < -0.4 is 4.74 Å². The molecule has 29 heavy (non-hydrogen) atoms. The third-order valence-corrected chi connectivity index (χ3v) is 8.02. The van der Waals surface area contributed by atoms with Crippen LogP contribution in [0.25, 0.3) is 0 Å². The van der Waals surface area contributed by atoms with Crippen molar-refractivity contribution < 1.29 is 13.5 Å². The van der Waals surface area contributed by atoms with E-state index in [1.54, 1.807) is 12.1 Å². The van der Waals surface area contributed by atoms with Crippen LogP contribution in [0.1, 0.15) is 102 Å². The van der Waals surface area contributed by atoms with E-state index < -0.39 is 11.6 Å². The molecule has 0 heterocycles. The third kappa shape index (κ3) is 5.33. The standard InChI is InChI=1S/C26H38F2O/c1-2-3-18-6-8-20(9-7-18)21-10-12-22(13-11-21)23-14-15-24(26(28)25(23)27)29-17-16-19-4-5-19/h14-15,18-22H,2-13,16-17H2,1H3. The number of ether oxygens (including phenoxy) is 1. The summed E-state index contributed by atoms with van der Waals surface area (Å²) in [5, 5.41) is 0. The van der Waals surface area contributed by atoms with Gasteiger partial charge in [-0.1, -0.05) is 51.5 Å². The zero-order valence-electron chi connectivity index (χ0n) is 18.1. The Bertz CT molecular complexity index is 653. The second-order valence-corrected chi connectivity index (χ2v) is 10.0. The smallest absolute Gasteiger partial charge is 0.200 e. The van der Waals surface area contributed by atoms with E-state index in [1.165, 1.54) is 64.2 Å². The van der Waals surface area contributed by atoms with E-state index in [2.05, 4.69) is 6.92 Å². The summed E-state index contributed by atoms with van der Waals surface area (Å²) < 4.78 is 34.8. The van der Waals surface area contributed by atoms with Gasteiger partial charge in [-0.3, -0.25) is 0 Å². The van der Waals surface area contributed by atoms with E-state index in [0.717, 1.165) is 42.9 Å². The molecule has 0 saturated heterocycles. The van der Waals surface area contributed by atoms with Gasteiger partial charge in [0.2, 0.25) is 5.82 Å². The average Bonchev–Trinajstić information content (AvgIpc) is 3.57. The van der Waals surface area contributed by atoms with Crippen molar-refractivity contribution in [3.63, 3.8) is 0 Å². The van der Waals surface area contributed by atoms with Crippen LogP contribution in [0.2, 0.25) is 0 Å². The Morgan fingerprint density at radius 1 is 0.759 bits per heavy atom. The molecule has 3 saturated carbocycles. The molecule has 0 N–H and O–H groups in total. The summed E-state index contributed by atoms with van der Waals surface area (Å²) in [5.74, 6) is 2.16. The maximum absolute atomic E-state index is 14.8. The van der Waals surface area contributed by atoms with Gasteiger partial charge in [-0.2, -0.15) is 4.39 Å². The molecule has 0 spiro atoms. The molecule has 4 rings (SSSR count). The quantitative estimate of drug-likeness (QED) is 0.426. The molecule has 0 aromatic heterocycles. The van der Waals surface area contributed by atoms with Gasteiger partial charge in [-0.25, -0.2) is 4.39 Å². The lowest BCUT2D eigenvalue weighted by molar-refractivity contribution is 0.155. The summed E-state index contributed by atoms with van der Waals surface area (Å²) in [4.78, 5) is 0. The fraction of sp³-hybridized carbons (Fsp3) is 0.769. The monoisotopic (exact) mass is 404 g/mol. The molecule has 162 valence electrons. The Kier molecular flexibility index (Phi) is 7.13. The second kappa shape index (κ2) is 9.79. The molecular formula is C26H38F2O. The highest BCUT2D eigenvalue weighted by atomic mass is 19.2. The van der Waals surface area contributed by atoms with Gasteiger partial charge in [0, 0.05) is 0 Å². The summed E-state index contributed by atoms with van der Waals surface area (Å²) in [5.41, 5.74) is 0.571. The van der Waals surface area contributed by atoms with Gasteiger partial charge in [-0.15, -0.1) is 0 Å². The first kappa shape index (κ1) is 21.1. The molecule has 0 amide bonds. The maximum Gasteiger partial charge on any atom is 0.200 e. The summed E-state index contributed by atoms with van der Waals surface area (Å²) >= 11 is 0. The molecule has 0 unspecified atom stereocenters. The number of rotatable bonds is 8. The van der Waals surface area contributed by atoms with Crippen molar-refractivity contribution in [3.05, 3.63) is 29.3 Å². The lowest BCUT2D eigenvalue weighted by Crippen LogP contribution is -2.25.